The van der Waals surface area contributed by atoms with Crippen LogP contribution in [0.3, 0.4) is 0 Å². The van der Waals surface area contributed by atoms with E-state index in [1.54, 1.807) is 24.3 Å². The summed E-state index contributed by atoms with van der Waals surface area (Å²) >= 11 is 5.75. The summed E-state index contributed by atoms with van der Waals surface area (Å²) in [7, 11) is 0. The largest absolute Gasteiger partial charge is 0.484 e. The summed E-state index contributed by atoms with van der Waals surface area (Å²) in [5, 5.41) is 0.581. The number of amides is 2. The third kappa shape index (κ3) is 5.96. The molecular weight excluding hydrogens is 323 g/mol. The molecule has 2 rings (SSSR count). The summed E-state index contributed by atoms with van der Waals surface area (Å²) < 4.78 is 18.0. The van der Waals surface area contributed by atoms with Crippen molar-refractivity contribution in [2.24, 2.45) is 0 Å². The molecule has 0 fully saturated rings. The van der Waals surface area contributed by atoms with Crippen molar-refractivity contribution in [1.82, 2.24) is 10.9 Å². The van der Waals surface area contributed by atoms with E-state index >= 15 is 0 Å². The summed E-state index contributed by atoms with van der Waals surface area (Å²) in [5.74, 6) is -1.17. The maximum Gasteiger partial charge on any atom is 0.276 e. The molecule has 0 spiro atoms. The van der Waals surface area contributed by atoms with Gasteiger partial charge in [0, 0.05) is 11.1 Å². The molecule has 2 aromatic rings. The van der Waals surface area contributed by atoms with Crippen LogP contribution < -0.4 is 15.6 Å². The lowest BCUT2D eigenvalue weighted by Crippen LogP contribution is -2.44. The Kier molecular flexibility index (Phi) is 5.94. The van der Waals surface area contributed by atoms with Crippen LogP contribution in [0.15, 0.2) is 48.5 Å². The number of benzene rings is 2. The number of carbonyl (C=O) groups excluding carboxylic acids is 2. The number of hydrogen-bond acceptors (Lipinski definition) is 3. The second-order valence-corrected chi connectivity index (χ2v) is 5.08. The summed E-state index contributed by atoms with van der Waals surface area (Å²) in [6, 6.07) is 12.2. The van der Waals surface area contributed by atoms with Gasteiger partial charge in [-0.3, -0.25) is 20.4 Å². The Morgan fingerprint density at radius 2 is 1.74 bits per heavy atom. The molecule has 0 unspecified atom stereocenters. The number of halogens is 2. The Hall–Kier alpha value is -2.60. The topological polar surface area (TPSA) is 67.4 Å². The fraction of sp³-hybridized carbons (Fsp3) is 0.125. The lowest BCUT2D eigenvalue weighted by Gasteiger charge is -2.09. The van der Waals surface area contributed by atoms with E-state index in [0.717, 1.165) is 11.6 Å². The minimum atomic E-state index is -0.557. The summed E-state index contributed by atoms with van der Waals surface area (Å²) in [4.78, 5) is 23.2. The molecule has 23 heavy (non-hydrogen) atoms. The number of hydrogen-bond donors (Lipinski definition) is 2. The maximum absolute atomic E-state index is 12.9. The predicted octanol–water partition coefficient (Wildman–Crippen LogP) is 2.25. The van der Waals surface area contributed by atoms with Crippen molar-refractivity contribution in [1.29, 1.82) is 0 Å². The van der Waals surface area contributed by atoms with Crippen LogP contribution in [0.2, 0.25) is 5.02 Å². The second-order valence-electron chi connectivity index (χ2n) is 4.65. The van der Waals surface area contributed by atoms with Gasteiger partial charge in [0.15, 0.2) is 6.61 Å². The number of nitrogens with one attached hydrogen (secondary N) is 2. The third-order valence-electron chi connectivity index (χ3n) is 2.79. The first-order chi connectivity index (χ1) is 11.0. The van der Waals surface area contributed by atoms with Gasteiger partial charge in [-0.2, -0.15) is 0 Å². The van der Waals surface area contributed by atoms with Crippen molar-refractivity contribution < 1.29 is 18.7 Å². The Morgan fingerprint density at radius 1 is 1.04 bits per heavy atom. The zero-order chi connectivity index (χ0) is 16.7. The van der Waals surface area contributed by atoms with E-state index in [1.165, 1.54) is 18.2 Å². The molecule has 0 aromatic heterocycles. The highest BCUT2D eigenvalue weighted by atomic mass is 35.5. The lowest BCUT2D eigenvalue weighted by molar-refractivity contribution is -0.129. The van der Waals surface area contributed by atoms with Gasteiger partial charge in [-0.15, -0.1) is 0 Å². The van der Waals surface area contributed by atoms with Gasteiger partial charge in [0.1, 0.15) is 11.6 Å². The Labute approximate surface area is 137 Å². The van der Waals surface area contributed by atoms with E-state index in [0.29, 0.717) is 5.02 Å². The van der Waals surface area contributed by atoms with E-state index in [-0.39, 0.29) is 24.7 Å². The summed E-state index contributed by atoms with van der Waals surface area (Å²) in [6.07, 6.45) is 0.0994. The van der Waals surface area contributed by atoms with Crippen molar-refractivity contribution in [2.45, 2.75) is 6.42 Å². The highest BCUT2D eigenvalue weighted by Crippen LogP contribution is 2.11. The van der Waals surface area contributed by atoms with Crippen LogP contribution in [-0.4, -0.2) is 18.4 Å². The Balaban J connectivity index is 1.71. The standard InChI is InChI=1S/C16H14ClFN2O3/c17-12-6-4-11(5-7-12)8-15(21)19-20-16(22)10-23-14-3-1-2-13(18)9-14/h1-7,9H,8,10H2,(H,19,21)(H,20,22). The molecule has 0 saturated carbocycles. The average molecular weight is 337 g/mol. The van der Waals surface area contributed by atoms with Gasteiger partial charge in [-0.25, -0.2) is 4.39 Å². The van der Waals surface area contributed by atoms with Crippen LogP contribution in [0.4, 0.5) is 4.39 Å². The molecule has 120 valence electrons. The lowest BCUT2D eigenvalue weighted by atomic mass is 10.1. The van der Waals surface area contributed by atoms with Gasteiger partial charge in [0.05, 0.1) is 6.42 Å². The number of carbonyl (C=O) groups is 2. The maximum atomic E-state index is 12.9. The smallest absolute Gasteiger partial charge is 0.276 e. The van der Waals surface area contributed by atoms with E-state index in [2.05, 4.69) is 10.9 Å². The Morgan fingerprint density at radius 3 is 2.43 bits per heavy atom. The van der Waals surface area contributed by atoms with Crippen LogP contribution in [0.1, 0.15) is 5.56 Å². The minimum Gasteiger partial charge on any atom is -0.484 e. The first kappa shape index (κ1) is 16.8. The van der Waals surface area contributed by atoms with Gasteiger partial charge < -0.3 is 4.74 Å². The molecule has 0 aliphatic carbocycles. The number of hydrazine groups is 1. The molecule has 0 heterocycles. The van der Waals surface area contributed by atoms with Gasteiger partial charge in [-0.1, -0.05) is 29.8 Å². The van der Waals surface area contributed by atoms with Crippen molar-refractivity contribution in [3.05, 3.63) is 64.9 Å². The Bertz CT molecular complexity index is 692. The second kappa shape index (κ2) is 8.14. The van der Waals surface area contributed by atoms with Gasteiger partial charge in [-0.05, 0) is 29.8 Å². The SMILES string of the molecule is O=C(COc1cccc(F)c1)NNC(=O)Cc1ccc(Cl)cc1. The van der Waals surface area contributed by atoms with Crippen LogP contribution in [0.25, 0.3) is 0 Å². The van der Waals surface area contributed by atoms with E-state index in [9.17, 15) is 14.0 Å². The quantitative estimate of drug-likeness (QED) is 0.823. The molecule has 0 saturated heterocycles. The van der Waals surface area contributed by atoms with Crippen molar-refractivity contribution >= 4 is 23.4 Å². The van der Waals surface area contributed by atoms with Crippen LogP contribution in [0.5, 0.6) is 5.75 Å². The normalized spacial score (nSPS) is 10.0. The predicted molar refractivity (Wildman–Crippen MR) is 83.3 cm³/mol. The molecule has 2 aromatic carbocycles. The van der Waals surface area contributed by atoms with Crippen LogP contribution in [-0.2, 0) is 16.0 Å². The van der Waals surface area contributed by atoms with Crippen LogP contribution >= 0.6 is 11.6 Å². The van der Waals surface area contributed by atoms with Crippen molar-refractivity contribution in [2.75, 3.05) is 6.61 Å². The average Bonchev–Trinajstić information content (AvgIpc) is 2.53. The van der Waals surface area contributed by atoms with Gasteiger partial charge in [0.25, 0.3) is 5.91 Å². The monoisotopic (exact) mass is 336 g/mol. The highest BCUT2D eigenvalue weighted by molar-refractivity contribution is 6.30. The van der Waals surface area contributed by atoms with Gasteiger partial charge >= 0.3 is 0 Å². The molecule has 5 nitrogen and oxygen atoms in total. The zero-order valence-electron chi connectivity index (χ0n) is 12.0. The number of rotatable bonds is 5. The fourth-order valence-corrected chi connectivity index (χ4v) is 1.84. The summed E-state index contributed by atoms with van der Waals surface area (Å²) in [6.45, 7) is -0.343. The summed E-state index contributed by atoms with van der Waals surface area (Å²) in [5.41, 5.74) is 5.24. The van der Waals surface area contributed by atoms with E-state index in [1.807, 2.05) is 0 Å². The van der Waals surface area contributed by atoms with Crippen molar-refractivity contribution in [3.8, 4) is 5.75 Å². The fourth-order valence-electron chi connectivity index (χ4n) is 1.71. The molecule has 0 bridgehead atoms. The number of ether oxygens (including phenoxy) is 1. The first-order valence-corrected chi connectivity index (χ1v) is 7.11. The molecule has 7 heteroatoms. The van der Waals surface area contributed by atoms with Crippen molar-refractivity contribution in [3.63, 3.8) is 0 Å². The van der Waals surface area contributed by atoms with Crippen LogP contribution in [0, 0.1) is 5.82 Å². The molecule has 0 radical (unpaired) electrons. The molecule has 0 aliphatic heterocycles. The molecule has 0 atom stereocenters. The first-order valence-electron chi connectivity index (χ1n) is 6.73. The molecule has 2 amide bonds. The molecule has 2 N–H and O–H groups in total. The highest BCUT2D eigenvalue weighted by Gasteiger charge is 2.07. The molecular formula is C16H14ClFN2O3. The zero-order valence-corrected chi connectivity index (χ0v) is 12.8. The van der Waals surface area contributed by atoms with E-state index < -0.39 is 11.7 Å². The minimum absolute atomic E-state index is 0.0994. The van der Waals surface area contributed by atoms with E-state index in [4.69, 9.17) is 16.3 Å². The third-order valence-corrected chi connectivity index (χ3v) is 3.04. The molecule has 0 aliphatic rings. The van der Waals surface area contributed by atoms with Gasteiger partial charge in [0.2, 0.25) is 5.91 Å².